The highest BCUT2D eigenvalue weighted by Gasteiger charge is 2.21. The van der Waals surface area contributed by atoms with Crippen LogP contribution in [-0.2, 0) is 29.0 Å². The number of hydrogen-bond donors (Lipinski definition) is 1. The van der Waals surface area contributed by atoms with E-state index in [1.54, 1.807) is 6.07 Å². The van der Waals surface area contributed by atoms with Crippen molar-refractivity contribution in [3.05, 3.63) is 100 Å². The van der Waals surface area contributed by atoms with E-state index in [0.717, 1.165) is 48.3 Å². The van der Waals surface area contributed by atoms with Crippen LogP contribution in [0.25, 0.3) is 0 Å². The number of nitrogens with zero attached hydrogens (tertiary/aromatic N) is 2. The van der Waals surface area contributed by atoms with Gasteiger partial charge in [0.2, 0.25) is 0 Å². The highest BCUT2D eigenvalue weighted by Crippen LogP contribution is 2.26. The maximum Gasteiger partial charge on any atom is 0.323 e. The van der Waals surface area contributed by atoms with Crippen molar-refractivity contribution >= 4 is 11.9 Å². The second-order valence-electron chi connectivity index (χ2n) is 11.3. The summed E-state index contributed by atoms with van der Waals surface area (Å²) in [5.74, 6) is -0.0330. The minimum absolute atomic E-state index is 0.214. The Labute approximate surface area is 243 Å². The molecule has 0 fully saturated rings. The van der Waals surface area contributed by atoms with Crippen molar-refractivity contribution in [2.24, 2.45) is 5.92 Å². The summed E-state index contributed by atoms with van der Waals surface area (Å²) >= 11 is 0. The molecule has 0 radical (unpaired) electrons. The number of benzene rings is 3. The Morgan fingerprint density at radius 3 is 2.51 bits per heavy atom. The Morgan fingerprint density at radius 1 is 0.976 bits per heavy atom. The van der Waals surface area contributed by atoms with E-state index >= 15 is 0 Å². The fourth-order valence-electron chi connectivity index (χ4n) is 4.98. The fraction of sp³-hybridized carbons (Fsp3) is 0.412. The van der Waals surface area contributed by atoms with Crippen LogP contribution in [0.4, 0.5) is 0 Å². The van der Waals surface area contributed by atoms with Gasteiger partial charge in [-0.1, -0.05) is 67.9 Å². The molecule has 4 rings (SSSR count). The summed E-state index contributed by atoms with van der Waals surface area (Å²) in [6, 6.07) is 21.7. The van der Waals surface area contributed by atoms with Crippen LogP contribution in [0, 0.1) is 12.8 Å². The summed E-state index contributed by atoms with van der Waals surface area (Å²) in [6.07, 6.45) is 1.73. The molecule has 3 aromatic rings. The number of carboxylic acid groups (broad SMARTS) is 1. The van der Waals surface area contributed by atoms with Gasteiger partial charge < -0.3 is 19.5 Å². The largest absolute Gasteiger partial charge is 0.491 e. The van der Waals surface area contributed by atoms with Gasteiger partial charge in [-0.2, -0.15) is 0 Å². The van der Waals surface area contributed by atoms with Gasteiger partial charge in [-0.15, -0.1) is 0 Å². The lowest BCUT2D eigenvalue weighted by Crippen LogP contribution is -2.35. The first-order valence-electron chi connectivity index (χ1n) is 14.5. The summed E-state index contributed by atoms with van der Waals surface area (Å²) in [4.78, 5) is 29.1. The van der Waals surface area contributed by atoms with Gasteiger partial charge in [0.15, 0.2) is 0 Å². The molecular weight excluding hydrogens is 516 g/mol. The molecule has 0 atom stereocenters. The summed E-state index contributed by atoms with van der Waals surface area (Å²) in [7, 11) is 0. The molecule has 7 heteroatoms. The minimum atomic E-state index is -1.05. The van der Waals surface area contributed by atoms with Crippen molar-refractivity contribution in [2.45, 2.75) is 46.7 Å². The summed E-state index contributed by atoms with van der Waals surface area (Å²) in [5, 5.41) is 9.54. The maximum atomic E-state index is 13.6. The molecule has 1 aliphatic rings. The van der Waals surface area contributed by atoms with Crippen LogP contribution in [0.15, 0.2) is 66.7 Å². The van der Waals surface area contributed by atoms with Crippen LogP contribution in [0.1, 0.15) is 58.4 Å². The van der Waals surface area contributed by atoms with E-state index in [1.807, 2.05) is 43.3 Å². The fourth-order valence-corrected chi connectivity index (χ4v) is 4.98. The molecule has 0 aliphatic carbocycles. The van der Waals surface area contributed by atoms with Gasteiger partial charge in [0.25, 0.3) is 5.91 Å². The highest BCUT2D eigenvalue weighted by molar-refractivity contribution is 5.96. The molecule has 0 saturated carbocycles. The Kier molecular flexibility index (Phi) is 10.9. The molecule has 41 heavy (non-hydrogen) atoms. The number of fused-ring (bicyclic) bond motifs is 3. The van der Waals surface area contributed by atoms with Crippen molar-refractivity contribution in [2.75, 3.05) is 39.5 Å². The quantitative estimate of drug-likeness (QED) is 0.390. The lowest BCUT2D eigenvalue weighted by Gasteiger charge is -2.24. The number of amides is 1. The van der Waals surface area contributed by atoms with Gasteiger partial charge in [-0.25, -0.2) is 0 Å². The average Bonchev–Trinajstić information content (AvgIpc) is 2.94. The van der Waals surface area contributed by atoms with Crippen molar-refractivity contribution in [3.8, 4) is 5.75 Å². The van der Waals surface area contributed by atoms with Crippen molar-refractivity contribution in [3.63, 3.8) is 0 Å². The van der Waals surface area contributed by atoms with Crippen molar-refractivity contribution in [1.29, 1.82) is 0 Å². The number of rotatable bonds is 8. The van der Waals surface area contributed by atoms with Crippen LogP contribution in [0.5, 0.6) is 5.75 Å². The van der Waals surface area contributed by atoms with Gasteiger partial charge in [0.1, 0.15) is 18.9 Å². The average molecular weight is 559 g/mol. The first-order valence-corrected chi connectivity index (χ1v) is 14.5. The number of hydrogen-bond acceptors (Lipinski definition) is 5. The first kappa shape index (κ1) is 30.3. The lowest BCUT2D eigenvalue weighted by atomic mass is 9.99. The molecule has 1 aliphatic heterocycles. The smallest absolute Gasteiger partial charge is 0.323 e. The molecule has 2 bridgehead atoms. The zero-order valence-corrected chi connectivity index (χ0v) is 24.5. The van der Waals surface area contributed by atoms with Crippen LogP contribution in [0.2, 0.25) is 0 Å². The predicted molar refractivity (Wildman–Crippen MR) is 160 cm³/mol. The highest BCUT2D eigenvalue weighted by atomic mass is 16.5. The monoisotopic (exact) mass is 558 g/mol. The molecule has 3 aromatic carbocycles. The minimum Gasteiger partial charge on any atom is -0.491 e. The molecule has 0 spiro atoms. The van der Waals surface area contributed by atoms with Gasteiger partial charge in [-0.05, 0) is 66.3 Å². The van der Waals surface area contributed by atoms with Gasteiger partial charge in [-0.3, -0.25) is 14.5 Å². The van der Waals surface area contributed by atoms with Crippen LogP contribution in [-0.4, -0.2) is 66.2 Å². The zero-order valence-electron chi connectivity index (χ0n) is 24.5. The molecule has 1 amide bonds. The molecule has 0 aromatic heterocycles. The van der Waals surface area contributed by atoms with E-state index in [4.69, 9.17) is 9.47 Å². The SMILES string of the molecule is Cc1ccc(CN(CC(=O)O)C(=O)c2ccc3c(c2)Cc2cccc(c2)CN(CCC(C)C)CCOCCO3)cc1. The van der Waals surface area contributed by atoms with Crippen molar-refractivity contribution < 1.29 is 24.2 Å². The van der Waals surface area contributed by atoms with E-state index in [2.05, 4.69) is 43.0 Å². The van der Waals surface area contributed by atoms with Crippen molar-refractivity contribution in [1.82, 2.24) is 9.80 Å². The Bertz CT molecular complexity index is 1300. The number of carbonyl (C=O) groups is 2. The Hall–Kier alpha value is -3.68. The third-order valence-corrected chi connectivity index (χ3v) is 7.27. The zero-order chi connectivity index (χ0) is 29.2. The molecule has 1 N–H and O–H groups in total. The van der Waals surface area contributed by atoms with E-state index in [9.17, 15) is 14.7 Å². The number of ether oxygens (including phenoxy) is 2. The van der Waals surface area contributed by atoms with Gasteiger partial charge >= 0.3 is 5.97 Å². The second kappa shape index (κ2) is 14.8. The molecule has 7 nitrogen and oxygen atoms in total. The van der Waals surface area contributed by atoms with Crippen LogP contribution < -0.4 is 4.74 Å². The number of carbonyl (C=O) groups excluding carboxylic acids is 1. The Balaban J connectivity index is 1.60. The second-order valence-corrected chi connectivity index (χ2v) is 11.3. The third-order valence-electron chi connectivity index (χ3n) is 7.27. The molecule has 218 valence electrons. The summed E-state index contributed by atoms with van der Waals surface area (Å²) in [6.45, 7) is 10.6. The predicted octanol–water partition coefficient (Wildman–Crippen LogP) is 5.57. The molecule has 1 heterocycles. The van der Waals surface area contributed by atoms with E-state index in [-0.39, 0.29) is 19.0 Å². The van der Waals surface area contributed by atoms with Crippen LogP contribution in [0.3, 0.4) is 0 Å². The number of carboxylic acids is 1. The third kappa shape index (κ3) is 9.44. The van der Waals surface area contributed by atoms with Crippen LogP contribution >= 0.6 is 0 Å². The van der Waals surface area contributed by atoms with E-state index in [0.29, 0.717) is 43.5 Å². The standard InChI is InChI=1S/C34H42N2O5/c1-25(2)13-14-35-15-16-40-17-18-41-32-12-11-30(21-31(32)20-28-5-4-6-29(19-28)22-35)34(39)36(24-33(37)38)23-27-9-7-26(3)8-10-27/h4-12,19,21,25H,13-18,20,22-24H2,1-3H3,(H,37,38). The van der Waals surface area contributed by atoms with Gasteiger partial charge in [0, 0.05) is 31.6 Å². The lowest BCUT2D eigenvalue weighted by molar-refractivity contribution is -0.137. The topological polar surface area (TPSA) is 79.3 Å². The normalized spacial score (nSPS) is 14.5. The summed E-state index contributed by atoms with van der Waals surface area (Å²) < 4.78 is 12.0. The maximum absolute atomic E-state index is 13.6. The van der Waals surface area contributed by atoms with E-state index < -0.39 is 5.97 Å². The molecular formula is C34H42N2O5. The Morgan fingerprint density at radius 2 is 1.76 bits per heavy atom. The van der Waals surface area contributed by atoms with E-state index in [1.165, 1.54) is 10.5 Å². The van der Waals surface area contributed by atoms with Gasteiger partial charge in [0.05, 0.1) is 13.2 Å². The number of aryl methyl sites for hydroxylation is 1. The first-order chi connectivity index (χ1) is 19.8. The summed E-state index contributed by atoms with van der Waals surface area (Å²) in [5.41, 5.74) is 5.68. The number of aliphatic carboxylic acids is 1. The molecule has 0 saturated heterocycles. The molecule has 0 unspecified atom stereocenters.